The summed E-state index contributed by atoms with van der Waals surface area (Å²) >= 11 is 0. The standard InChI is InChI=1S/C26H32O5/c1-4-20(16-19-10-6-5-7-11-19)26(18(2)27,25(28)29)21-14-15-23(30-3)24(17-21)31-22-12-8-9-13-22/h5-7,10-11,14-15,17,20,22H,4,8-9,12-13,16H2,1-3H3,(H,28,29). The van der Waals surface area contributed by atoms with E-state index in [9.17, 15) is 14.7 Å². The van der Waals surface area contributed by atoms with Crippen molar-refractivity contribution in [2.24, 2.45) is 5.92 Å². The number of aliphatic carboxylic acids is 1. The highest BCUT2D eigenvalue weighted by molar-refractivity contribution is 6.08. The van der Waals surface area contributed by atoms with Gasteiger partial charge in [0.25, 0.3) is 0 Å². The van der Waals surface area contributed by atoms with Gasteiger partial charge in [-0.1, -0.05) is 49.7 Å². The van der Waals surface area contributed by atoms with Crippen LogP contribution in [-0.4, -0.2) is 30.1 Å². The fourth-order valence-corrected chi connectivity index (χ4v) is 4.88. The third-order valence-corrected chi connectivity index (χ3v) is 6.54. The summed E-state index contributed by atoms with van der Waals surface area (Å²) in [6.07, 6.45) is 5.31. The number of carbonyl (C=O) groups is 2. The topological polar surface area (TPSA) is 72.8 Å². The Kier molecular flexibility index (Phi) is 7.37. The van der Waals surface area contributed by atoms with Gasteiger partial charge in [0, 0.05) is 0 Å². The molecule has 1 N–H and O–H groups in total. The maximum absolute atomic E-state index is 13.1. The van der Waals surface area contributed by atoms with E-state index in [0.717, 1.165) is 31.2 Å². The van der Waals surface area contributed by atoms with Gasteiger partial charge in [-0.15, -0.1) is 0 Å². The summed E-state index contributed by atoms with van der Waals surface area (Å²) < 4.78 is 11.7. The van der Waals surface area contributed by atoms with Gasteiger partial charge >= 0.3 is 5.97 Å². The van der Waals surface area contributed by atoms with Crippen molar-refractivity contribution in [1.29, 1.82) is 0 Å². The summed E-state index contributed by atoms with van der Waals surface area (Å²) in [5.41, 5.74) is -0.203. The Hall–Kier alpha value is -2.82. The molecule has 3 rings (SSSR count). The lowest BCUT2D eigenvalue weighted by atomic mass is 9.64. The van der Waals surface area contributed by atoms with E-state index < -0.39 is 17.3 Å². The predicted molar refractivity (Wildman–Crippen MR) is 120 cm³/mol. The van der Waals surface area contributed by atoms with Gasteiger partial charge in [0.05, 0.1) is 13.2 Å². The van der Waals surface area contributed by atoms with Crippen LogP contribution in [0.25, 0.3) is 0 Å². The van der Waals surface area contributed by atoms with Gasteiger partial charge in [-0.3, -0.25) is 9.59 Å². The molecule has 2 atom stereocenters. The molecule has 2 unspecified atom stereocenters. The zero-order valence-electron chi connectivity index (χ0n) is 18.6. The smallest absolute Gasteiger partial charge is 0.322 e. The molecule has 0 saturated heterocycles. The molecule has 1 aliphatic rings. The number of carboxylic acids is 1. The highest BCUT2D eigenvalue weighted by Crippen LogP contribution is 2.42. The lowest BCUT2D eigenvalue weighted by Gasteiger charge is -2.36. The molecule has 0 bridgehead atoms. The van der Waals surface area contributed by atoms with Crippen molar-refractivity contribution in [3.8, 4) is 11.5 Å². The summed E-state index contributed by atoms with van der Waals surface area (Å²) in [4.78, 5) is 25.8. The zero-order chi connectivity index (χ0) is 22.4. The first-order valence-corrected chi connectivity index (χ1v) is 11.1. The van der Waals surface area contributed by atoms with Gasteiger partial charge in [0.15, 0.2) is 22.7 Å². The first kappa shape index (κ1) is 22.9. The van der Waals surface area contributed by atoms with Crippen LogP contribution in [0.5, 0.6) is 11.5 Å². The van der Waals surface area contributed by atoms with Crippen molar-refractivity contribution in [1.82, 2.24) is 0 Å². The molecule has 2 aromatic rings. The van der Waals surface area contributed by atoms with Crippen LogP contribution in [0.1, 0.15) is 57.1 Å². The molecule has 0 radical (unpaired) electrons. The van der Waals surface area contributed by atoms with E-state index >= 15 is 0 Å². The number of ketones is 1. The molecule has 0 aliphatic heterocycles. The summed E-state index contributed by atoms with van der Waals surface area (Å²) in [5, 5.41) is 10.4. The summed E-state index contributed by atoms with van der Waals surface area (Å²) in [6.45, 7) is 3.32. The van der Waals surface area contributed by atoms with Crippen molar-refractivity contribution in [3.05, 3.63) is 59.7 Å². The lowest BCUT2D eigenvalue weighted by molar-refractivity contribution is -0.151. The molecule has 5 nitrogen and oxygen atoms in total. The molecule has 31 heavy (non-hydrogen) atoms. The number of methoxy groups -OCH3 is 1. The molecular weight excluding hydrogens is 392 g/mol. The Balaban J connectivity index is 2.08. The highest BCUT2D eigenvalue weighted by Gasteiger charge is 2.51. The normalized spacial score (nSPS) is 17.0. The van der Waals surface area contributed by atoms with Gasteiger partial charge in [-0.05, 0) is 68.2 Å². The number of Topliss-reactive ketones (excluding diaryl/α,β-unsaturated/α-hetero) is 1. The van der Waals surface area contributed by atoms with Crippen LogP contribution in [0, 0.1) is 5.92 Å². The average Bonchev–Trinajstić information content (AvgIpc) is 3.27. The van der Waals surface area contributed by atoms with Crippen LogP contribution >= 0.6 is 0 Å². The van der Waals surface area contributed by atoms with E-state index in [1.807, 2.05) is 37.3 Å². The molecule has 1 aliphatic carbocycles. The minimum atomic E-state index is -1.66. The minimum absolute atomic E-state index is 0.0898. The molecule has 0 aromatic heterocycles. The number of rotatable bonds is 10. The minimum Gasteiger partial charge on any atom is -0.493 e. The Morgan fingerprint density at radius 1 is 1.10 bits per heavy atom. The average molecular weight is 425 g/mol. The SMILES string of the molecule is CCC(Cc1ccccc1)C(C(C)=O)(C(=O)O)c1ccc(OC)c(OC2CCCC2)c1. The van der Waals surface area contributed by atoms with E-state index in [1.165, 1.54) is 6.92 Å². The van der Waals surface area contributed by atoms with Gasteiger partial charge in [0.2, 0.25) is 0 Å². The molecule has 1 fully saturated rings. The third-order valence-electron chi connectivity index (χ3n) is 6.54. The van der Waals surface area contributed by atoms with Crippen molar-refractivity contribution >= 4 is 11.8 Å². The first-order valence-electron chi connectivity index (χ1n) is 11.1. The molecule has 0 heterocycles. The van der Waals surface area contributed by atoms with Crippen LogP contribution in [0.2, 0.25) is 0 Å². The Morgan fingerprint density at radius 2 is 1.77 bits per heavy atom. The fraction of sp³-hybridized carbons (Fsp3) is 0.462. The molecule has 1 saturated carbocycles. The lowest BCUT2D eigenvalue weighted by Crippen LogP contribution is -2.49. The first-order chi connectivity index (χ1) is 14.9. The molecule has 0 amide bonds. The van der Waals surface area contributed by atoms with Crippen molar-refractivity contribution in [2.45, 2.75) is 63.9 Å². The Labute approximate surface area is 184 Å². The molecular formula is C26H32O5. The third kappa shape index (κ3) is 4.60. The molecule has 166 valence electrons. The van der Waals surface area contributed by atoms with Crippen LogP contribution < -0.4 is 9.47 Å². The number of carbonyl (C=O) groups excluding carboxylic acids is 1. The molecule has 0 spiro atoms. The van der Waals surface area contributed by atoms with Gasteiger partial charge < -0.3 is 14.6 Å². The van der Waals surface area contributed by atoms with Crippen LogP contribution in [0.15, 0.2) is 48.5 Å². The second-order valence-electron chi connectivity index (χ2n) is 8.35. The van der Waals surface area contributed by atoms with E-state index in [2.05, 4.69) is 0 Å². The number of carboxylic acid groups (broad SMARTS) is 1. The summed E-state index contributed by atoms with van der Waals surface area (Å²) in [5.74, 6) is -0.847. The van der Waals surface area contributed by atoms with Crippen molar-refractivity contribution in [3.63, 3.8) is 0 Å². The summed E-state index contributed by atoms with van der Waals surface area (Å²) in [7, 11) is 1.57. The summed E-state index contributed by atoms with van der Waals surface area (Å²) in [6, 6.07) is 14.9. The second-order valence-corrected chi connectivity index (χ2v) is 8.35. The van der Waals surface area contributed by atoms with E-state index in [1.54, 1.807) is 25.3 Å². The monoisotopic (exact) mass is 424 g/mol. The quantitative estimate of drug-likeness (QED) is 0.531. The van der Waals surface area contributed by atoms with E-state index in [0.29, 0.717) is 29.9 Å². The number of ether oxygens (including phenoxy) is 2. The fourth-order valence-electron chi connectivity index (χ4n) is 4.88. The number of hydrogen-bond acceptors (Lipinski definition) is 4. The van der Waals surface area contributed by atoms with E-state index in [-0.39, 0.29) is 11.9 Å². The van der Waals surface area contributed by atoms with Gasteiger partial charge in [-0.2, -0.15) is 0 Å². The van der Waals surface area contributed by atoms with Crippen molar-refractivity contribution in [2.75, 3.05) is 7.11 Å². The maximum Gasteiger partial charge on any atom is 0.322 e. The van der Waals surface area contributed by atoms with Crippen LogP contribution in [0.4, 0.5) is 0 Å². The number of hydrogen-bond donors (Lipinski definition) is 1. The molecule has 5 heteroatoms. The number of benzene rings is 2. The van der Waals surface area contributed by atoms with Crippen LogP contribution in [-0.2, 0) is 21.4 Å². The predicted octanol–water partition coefficient (Wildman–Crippen LogP) is 5.20. The highest BCUT2D eigenvalue weighted by atomic mass is 16.5. The Morgan fingerprint density at radius 3 is 2.32 bits per heavy atom. The van der Waals surface area contributed by atoms with Gasteiger partial charge in [0.1, 0.15) is 0 Å². The van der Waals surface area contributed by atoms with Crippen molar-refractivity contribution < 1.29 is 24.2 Å². The largest absolute Gasteiger partial charge is 0.493 e. The van der Waals surface area contributed by atoms with Gasteiger partial charge in [-0.25, -0.2) is 0 Å². The maximum atomic E-state index is 13.1. The van der Waals surface area contributed by atoms with E-state index in [4.69, 9.17) is 9.47 Å². The zero-order valence-corrected chi connectivity index (χ0v) is 18.6. The van der Waals surface area contributed by atoms with Crippen LogP contribution in [0.3, 0.4) is 0 Å². The Bertz CT molecular complexity index is 885. The molecule has 2 aromatic carbocycles. The second kappa shape index (κ2) is 9.99.